The Kier molecular flexibility index (Phi) is 4.98. The Balaban J connectivity index is 2.18. The molecule has 0 aromatic heterocycles. The molecule has 0 saturated carbocycles. The number of halogens is 3. The van der Waals surface area contributed by atoms with Crippen LogP contribution in [0.2, 0.25) is 0 Å². The van der Waals surface area contributed by atoms with Crippen LogP contribution in [0.1, 0.15) is 33.1 Å². The molecule has 2 rings (SSSR count). The second-order valence-corrected chi connectivity index (χ2v) is 5.60. The molecule has 6 heteroatoms. The van der Waals surface area contributed by atoms with Crippen LogP contribution in [0.15, 0.2) is 24.3 Å². The van der Waals surface area contributed by atoms with E-state index in [2.05, 4.69) is 11.8 Å². The van der Waals surface area contributed by atoms with Crippen LogP contribution in [0.5, 0.6) is 0 Å². The first-order valence-corrected chi connectivity index (χ1v) is 7.60. The molecule has 0 unspecified atom stereocenters. The maximum Gasteiger partial charge on any atom is 0.471 e. The number of nitrogens with zero attached hydrogens (tertiary/aromatic N) is 2. The van der Waals surface area contributed by atoms with Crippen molar-refractivity contribution in [1.82, 2.24) is 0 Å². The SMILES string of the molecule is CCN(C(=O)C(F)(F)F)c1ccc(N2CCCC[C@@H]2C)cc1. The van der Waals surface area contributed by atoms with Gasteiger partial charge < -0.3 is 9.80 Å². The van der Waals surface area contributed by atoms with Gasteiger partial charge in [0.05, 0.1) is 0 Å². The average Bonchev–Trinajstić information content (AvgIpc) is 2.48. The number of rotatable bonds is 3. The molecule has 22 heavy (non-hydrogen) atoms. The van der Waals surface area contributed by atoms with Gasteiger partial charge in [0.25, 0.3) is 0 Å². The highest BCUT2D eigenvalue weighted by atomic mass is 19.4. The standard InChI is InChI=1S/C16H21F3N2O/c1-3-20(15(22)16(17,18)19)13-7-9-14(10-8-13)21-11-5-4-6-12(21)2/h7-10,12H,3-6,11H2,1-2H3/t12-/m0/s1. The molecule has 1 atom stereocenters. The number of benzene rings is 1. The molecule has 1 aliphatic rings. The summed E-state index contributed by atoms with van der Waals surface area (Å²) < 4.78 is 37.8. The van der Waals surface area contributed by atoms with Crippen LogP contribution in [-0.4, -0.2) is 31.2 Å². The summed E-state index contributed by atoms with van der Waals surface area (Å²) in [4.78, 5) is 14.4. The molecular weight excluding hydrogens is 293 g/mol. The van der Waals surface area contributed by atoms with Crippen molar-refractivity contribution in [2.24, 2.45) is 0 Å². The van der Waals surface area contributed by atoms with E-state index in [4.69, 9.17) is 0 Å². The van der Waals surface area contributed by atoms with Gasteiger partial charge in [-0.15, -0.1) is 0 Å². The fraction of sp³-hybridized carbons (Fsp3) is 0.562. The van der Waals surface area contributed by atoms with Crippen LogP contribution < -0.4 is 9.80 Å². The summed E-state index contributed by atoms with van der Waals surface area (Å²) >= 11 is 0. The first-order valence-electron chi connectivity index (χ1n) is 7.60. The molecule has 1 amide bonds. The number of amides is 1. The molecule has 1 heterocycles. The average molecular weight is 314 g/mol. The number of hydrogen-bond donors (Lipinski definition) is 0. The molecule has 1 saturated heterocycles. The monoisotopic (exact) mass is 314 g/mol. The third kappa shape index (κ3) is 3.54. The lowest BCUT2D eigenvalue weighted by atomic mass is 10.0. The van der Waals surface area contributed by atoms with Gasteiger partial charge in [-0.3, -0.25) is 4.79 Å². The Labute approximate surface area is 128 Å². The minimum Gasteiger partial charge on any atom is -0.369 e. The van der Waals surface area contributed by atoms with E-state index in [1.54, 1.807) is 24.3 Å². The minimum absolute atomic E-state index is 0.0161. The Morgan fingerprint density at radius 2 is 1.91 bits per heavy atom. The third-order valence-electron chi connectivity index (χ3n) is 4.10. The lowest BCUT2D eigenvalue weighted by Crippen LogP contribution is -2.41. The molecule has 0 spiro atoms. The Bertz CT molecular complexity index is 513. The van der Waals surface area contributed by atoms with Gasteiger partial charge in [0.15, 0.2) is 0 Å². The maximum absolute atomic E-state index is 12.6. The molecule has 0 radical (unpaired) electrons. The van der Waals surface area contributed by atoms with Crippen molar-refractivity contribution < 1.29 is 18.0 Å². The van der Waals surface area contributed by atoms with Gasteiger partial charge in [-0.2, -0.15) is 13.2 Å². The van der Waals surface area contributed by atoms with Crippen LogP contribution in [-0.2, 0) is 4.79 Å². The molecule has 0 N–H and O–H groups in total. The van der Waals surface area contributed by atoms with Crippen LogP contribution in [0.3, 0.4) is 0 Å². The zero-order chi connectivity index (χ0) is 16.3. The summed E-state index contributed by atoms with van der Waals surface area (Å²) in [6.45, 7) is 4.63. The summed E-state index contributed by atoms with van der Waals surface area (Å²) in [7, 11) is 0. The van der Waals surface area contributed by atoms with Gasteiger partial charge in [0.2, 0.25) is 0 Å². The lowest BCUT2D eigenvalue weighted by molar-refractivity contribution is -0.170. The highest BCUT2D eigenvalue weighted by molar-refractivity contribution is 5.97. The highest BCUT2D eigenvalue weighted by Gasteiger charge is 2.42. The van der Waals surface area contributed by atoms with Crippen LogP contribution in [0, 0.1) is 0 Å². The van der Waals surface area contributed by atoms with E-state index in [9.17, 15) is 18.0 Å². The first kappa shape index (κ1) is 16.6. The molecule has 0 bridgehead atoms. The fourth-order valence-corrected chi connectivity index (χ4v) is 2.90. The smallest absolute Gasteiger partial charge is 0.369 e. The number of hydrogen-bond acceptors (Lipinski definition) is 2. The maximum atomic E-state index is 12.6. The van der Waals surface area contributed by atoms with E-state index in [0.717, 1.165) is 30.0 Å². The molecule has 122 valence electrons. The largest absolute Gasteiger partial charge is 0.471 e. The van der Waals surface area contributed by atoms with Gasteiger partial charge in [-0.1, -0.05) is 0 Å². The first-order chi connectivity index (χ1) is 10.3. The number of anilines is 2. The molecule has 1 aliphatic heterocycles. The van der Waals surface area contributed by atoms with Crippen molar-refractivity contribution in [1.29, 1.82) is 0 Å². The second-order valence-electron chi connectivity index (χ2n) is 5.60. The van der Waals surface area contributed by atoms with Crippen LogP contribution in [0.4, 0.5) is 24.5 Å². The van der Waals surface area contributed by atoms with Gasteiger partial charge >= 0.3 is 12.1 Å². The van der Waals surface area contributed by atoms with Gasteiger partial charge in [0, 0.05) is 30.5 Å². The van der Waals surface area contributed by atoms with Crippen molar-refractivity contribution in [3.05, 3.63) is 24.3 Å². The lowest BCUT2D eigenvalue weighted by Gasteiger charge is -2.35. The van der Waals surface area contributed by atoms with E-state index < -0.39 is 12.1 Å². The summed E-state index contributed by atoms with van der Waals surface area (Å²) in [5, 5.41) is 0. The minimum atomic E-state index is -4.85. The van der Waals surface area contributed by atoms with Gasteiger partial charge in [0.1, 0.15) is 0 Å². The second kappa shape index (κ2) is 6.58. The van der Waals surface area contributed by atoms with Crippen molar-refractivity contribution in [2.75, 3.05) is 22.9 Å². The summed E-state index contributed by atoms with van der Waals surface area (Å²) in [6, 6.07) is 7.19. The predicted octanol–water partition coefficient (Wildman–Crippen LogP) is 3.98. The van der Waals surface area contributed by atoms with Gasteiger partial charge in [-0.25, -0.2) is 0 Å². The summed E-state index contributed by atoms with van der Waals surface area (Å²) in [5.41, 5.74) is 1.27. The molecule has 1 fully saturated rings. The zero-order valence-corrected chi connectivity index (χ0v) is 12.9. The van der Waals surface area contributed by atoms with Crippen molar-refractivity contribution in [3.8, 4) is 0 Å². The predicted molar refractivity (Wildman–Crippen MR) is 81.2 cm³/mol. The highest BCUT2D eigenvalue weighted by Crippen LogP contribution is 2.28. The Morgan fingerprint density at radius 3 is 2.41 bits per heavy atom. The van der Waals surface area contributed by atoms with Crippen molar-refractivity contribution in [2.45, 2.75) is 45.3 Å². The molecule has 3 nitrogen and oxygen atoms in total. The van der Waals surface area contributed by atoms with Crippen molar-refractivity contribution in [3.63, 3.8) is 0 Å². The van der Waals surface area contributed by atoms with Crippen molar-refractivity contribution >= 4 is 17.3 Å². The molecule has 0 aliphatic carbocycles. The van der Waals surface area contributed by atoms with E-state index in [1.165, 1.54) is 13.3 Å². The molecule has 1 aromatic carbocycles. The molecular formula is C16H21F3N2O. The van der Waals surface area contributed by atoms with Crippen LogP contribution in [0.25, 0.3) is 0 Å². The Morgan fingerprint density at radius 1 is 1.27 bits per heavy atom. The van der Waals surface area contributed by atoms with E-state index >= 15 is 0 Å². The number of carbonyl (C=O) groups is 1. The number of piperidine rings is 1. The summed E-state index contributed by atoms with van der Waals surface area (Å²) in [6.07, 6.45) is -1.40. The van der Waals surface area contributed by atoms with E-state index in [-0.39, 0.29) is 12.2 Å². The third-order valence-corrected chi connectivity index (χ3v) is 4.10. The number of carbonyl (C=O) groups excluding carboxylic acids is 1. The quantitative estimate of drug-likeness (QED) is 0.842. The van der Waals surface area contributed by atoms with E-state index in [1.807, 2.05) is 0 Å². The fourth-order valence-electron chi connectivity index (χ4n) is 2.90. The summed E-state index contributed by atoms with van der Waals surface area (Å²) in [5.74, 6) is -1.82. The van der Waals surface area contributed by atoms with Crippen LogP contribution >= 0.6 is 0 Å². The van der Waals surface area contributed by atoms with E-state index in [0.29, 0.717) is 6.04 Å². The topological polar surface area (TPSA) is 23.6 Å². The zero-order valence-electron chi connectivity index (χ0n) is 12.9. The normalized spacial score (nSPS) is 19.1. The Hall–Kier alpha value is -1.72. The van der Waals surface area contributed by atoms with Gasteiger partial charge in [-0.05, 0) is 57.4 Å². The molecule has 1 aromatic rings. The number of alkyl halides is 3.